The number of nitrogens with zero attached hydrogens (tertiary/aromatic N) is 1. The van der Waals surface area contributed by atoms with Crippen LogP contribution in [0.4, 0.5) is 0 Å². The zero-order valence-corrected chi connectivity index (χ0v) is 12.7. The fraction of sp³-hybridized carbons (Fsp3) is 1.00. The van der Waals surface area contributed by atoms with Crippen molar-refractivity contribution in [2.45, 2.75) is 65.0 Å². The van der Waals surface area contributed by atoms with Gasteiger partial charge in [0.05, 0.1) is 6.61 Å². The van der Waals surface area contributed by atoms with E-state index in [1.807, 2.05) is 0 Å². The van der Waals surface area contributed by atoms with Gasteiger partial charge in [-0.25, -0.2) is 0 Å². The maximum atomic E-state index is 9.58. The van der Waals surface area contributed by atoms with Gasteiger partial charge < -0.3 is 15.3 Å². The lowest BCUT2D eigenvalue weighted by molar-refractivity contribution is 0.125. The molecule has 0 aromatic carbocycles. The molecule has 1 saturated carbocycles. The van der Waals surface area contributed by atoms with Gasteiger partial charge in [-0.3, -0.25) is 0 Å². The van der Waals surface area contributed by atoms with E-state index < -0.39 is 0 Å². The molecule has 0 radical (unpaired) electrons. The molecule has 0 aliphatic heterocycles. The van der Waals surface area contributed by atoms with Crippen LogP contribution in [0.25, 0.3) is 0 Å². The lowest BCUT2D eigenvalue weighted by Crippen LogP contribution is -2.51. The summed E-state index contributed by atoms with van der Waals surface area (Å²) in [6.45, 7) is 12.3. The van der Waals surface area contributed by atoms with Crippen LogP contribution in [0.3, 0.4) is 0 Å². The Morgan fingerprint density at radius 2 is 2.06 bits per heavy atom. The van der Waals surface area contributed by atoms with Crippen LogP contribution in [0.5, 0.6) is 0 Å². The van der Waals surface area contributed by atoms with E-state index in [-0.39, 0.29) is 12.1 Å². The summed E-state index contributed by atoms with van der Waals surface area (Å²) in [6, 6.07) is 0.420. The minimum Gasteiger partial charge on any atom is -0.394 e. The second kappa shape index (κ2) is 7.46. The number of aliphatic hydroxyl groups is 1. The Labute approximate surface area is 113 Å². The molecule has 0 bridgehead atoms. The van der Waals surface area contributed by atoms with Crippen molar-refractivity contribution in [1.82, 2.24) is 10.2 Å². The molecule has 0 aromatic rings. The molecule has 0 saturated heterocycles. The van der Waals surface area contributed by atoms with Gasteiger partial charge in [-0.15, -0.1) is 0 Å². The standard InChI is InChI=1S/C15H32N2O/c1-5-17(11-14-7-6-8-14)10-9-15(4,12-18)16-13(2)3/h13-14,16,18H,5-12H2,1-4H3. The van der Waals surface area contributed by atoms with Crippen molar-refractivity contribution < 1.29 is 5.11 Å². The van der Waals surface area contributed by atoms with Crippen molar-refractivity contribution in [3.8, 4) is 0 Å². The fourth-order valence-corrected chi connectivity index (χ4v) is 2.72. The van der Waals surface area contributed by atoms with Crippen molar-refractivity contribution in [2.75, 3.05) is 26.2 Å². The topological polar surface area (TPSA) is 35.5 Å². The Hall–Kier alpha value is -0.120. The van der Waals surface area contributed by atoms with Crippen LogP contribution in [0.2, 0.25) is 0 Å². The normalized spacial score (nSPS) is 20.2. The summed E-state index contributed by atoms with van der Waals surface area (Å²) >= 11 is 0. The highest BCUT2D eigenvalue weighted by Crippen LogP contribution is 2.27. The van der Waals surface area contributed by atoms with E-state index in [4.69, 9.17) is 0 Å². The molecule has 3 nitrogen and oxygen atoms in total. The summed E-state index contributed by atoms with van der Waals surface area (Å²) in [5.41, 5.74) is -0.138. The van der Waals surface area contributed by atoms with Gasteiger partial charge in [0, 0.05) is 18.1 Å². The third kappa shape index (κ3) is 5.25. The molecule has 108 valence electrons. The Balaban J connectivity index is 2.33. The van der Waals surface area contributed by atoms with E-state index in [1.54, 1.807) is 0 Å². The molecular weight excluding hydrogens is 224 g/mol. The molecule has 1 atom stereocenters. The zero-order chi connectivity index (χ0) is 13.6. The molecule has 0 aromatic heterocycles. The molecule has 3 heteroatoms. The van der Waals surface area contributed by atoms with Crippen molar-refractivity contribution in [3.05, 3.63) is 0 Å². The second-order valence-corrected chi connectivity index (χ2v) is 6.46. The van der Waals surface area contributed by atoms with Crippen molar-refractivity contribution in [3.63, 3.8) is 0 Å². The van der Waals surface area contributed by atoms with Gasteiger partial charge in [0.1, 0.15) is 0 Å². The quantitative estimate of drug-likeness (QED) is 0.664. The first-order valence-electron chi connectivity index (χ1n) is 7.60. The van der Waals surface area contributed by atoms with E-state index >= 15 is 0 Å². The van der Waals surface area contributed by atoms with E-state index in [2.05, 4.69) is 37.9 Å². The van der Waals surface area contributed by atoms with Crippen molar-refractivity contribution >= 4 is 0 Å². The number of aliphatic hydroxyl groups excluding tert-OH is 1. The number of hydrogen-bond donors (Lipinski definition) is 2. The number of nitrogens with one attached hydrogen (secondary N) is 1. The molecule has 1 aliphatic rings. The van der Waals surface area contributed by atoms with Crippen LogP contribution in [0, 0.1) is 5.92 Å². The van der Waals surface area contributed by atoms with E-state index in [0.29, 0.717) is 6.04 Å². The molecule has 1 unspecified atom stereocenters. The molecule has 0 spiro atoms. The number of hydrogen-bond acceptors (Lipinski definition) is 3. The highest BCUT2D eigenvalue weighted by Gasteiger charge is 2.26. The monoisotopic (exact) mass is 256 g/mol. The van der Waals surface area contributed by atoms with Gasteiger partial charge in [0.15, 0.2) is 0 Å². The molecule has 1 fully saturated rings. The number of rotatable bonds is 9. The lowest BCUT2D eigenvalue weighted by atomic mass is 9.85. The third-order valence-electron chi connectivity index (χ3n) is 4.15. The molecule has 2 N–H and O–H groups in total. The first kappa shape index (κ1) is 15.9. The van der Waals surface area contributed by atoms with E-state index in [9.17, 15) is 5.11 Å². The summed E-state index contributed by atoms with van der Waals surface area (Å²) < 4.78 is 0. The van der Waals surface area contributed by atoms with Gasteiger partial charge in [-0.1, -0.05) is 27.2 Å². The lowest BCUT2D eigenvalue weighted by Gasteiger charge is -2.36. The van der Waals surface area contributed by atoms with Gasteiger partial charge in [0.25, 0.3) is 0 Å². The summed E-state index contributed by atoms with van der Waals surface area (Å²) in [5, 5.41) is 13.1. The zero-order valence-electron chi connectivity index (χ0n) is 12.7. The van der Waals surface area contributed by atoms with E-state index in [1.165, 1.54) is 25.8 Å². The highest BCUT2D eigenvalue weighted by molar-refractivity contribution is 4.85. The van der Waals surface area contributed by atoms with Crippen LogP contribution in [0.1, 0.15) is 53.4 Å². The maximum Gasteiger partial charge on any atom is 0.0611 e. The van der Waals surface area contributed by atoms with Crippen LogP contribution >= 0.6 is 0 Å². The second-order valence-electron chi connectivity index (χ2n) is 6.46. The average molecular weight is 256 g/mol. The highest BCUT2D eigenvalue weighted by atomic mass is 16.3. The van der Waals surface area contributed by atoms with E-state index in [0.717, 1.165) is 25.4 Å². The minimum atomic E-state index is -0.138. The molecular formula is C15H32N2O. The molecule has 1 aliphatic carbocycles. The Morgan fingerprint density at radius 1 is 1.39 bits per heavy atom. The Kier molecular flexibility index (Phi) is 6.61. The molecule has 0 amide bonds. The molecule has 0 heterocycles. The third-order valence-corrected chi connectivity index (χ3v) is 4.15. The van der Waals surface area contributed by atoms with Crippen LogP contribution in [-0.4, -0.2) is 47.8 Å². The Morgan fingerprint density at radius 3 is 2.44 bits per heavy atom. The first-order valence-corrected chi connectivity index (χ1v) is 7.60. The largest absolute Gasteiger partial charge is 0.394 e. The first-order chi connectivity index (χ1) is 8.49. The predicted octanol–water partition coefficient (Wildman–Crippen LogP) is 2.25. The fourth-order valence-electron chi connectivity index (χ4n) is 2.72. The summed E-state index contributed by atoms with van der Waals surface area (Å²) in [4.78, 5) is 2.54. The van der Waals surface area contributed by atoms with Crippen molar-refractivity contribution in [1.29, 1.82) is 0 Å². The van der Waals surface area contributed by atoms with Gasteiger partial charge in [-0.2, -0.15) is 0 Å². The molecule has 1 rings (SSSR count). The maximum absolute atomic E-state index is 9.58. The SMILES string of the molecule is CCN(CCC(C)(CO)NC(C)C)CC1CCC1. The summed E-state index contributed by atoms with van der Waals surface area (Å²) in [5.74, 6) is 0.934. The smallest absolute Gasteiger partial charge is 0.0611 e. The van der Waals surface area contributed by atoms with Gasteiger partial charge in [-0.05, 0) is 45.2 Å². The Bertz CT molecular complexity index is 229. The van der Waals surface area contributed by atoms with Crippen LogP contribution < -0.4 is 5.32 Å². The average Bonchev–Trinajstić information content (AvgIpc) is 2.26. The van der Waals surface area contributed by atoms with Gasteiger partial charge in [0.2, 0.25) is 0 Å². The minimum absolute atomic E-state index is 0.138. The van der Waals surface area contributed by atoms with Crippen LogP contribution in [0.15, 0.2) is 0 Å². The summed E-state index contributed by atoms with van der Waals surface area (Å²) in [6.07, 6.45) is 5.27. The predicted molar refractivity (Wildman–Crippen MR) is 77.8 cm³/mol. The van der Waals surface area contributed by atoms with Gasteiger partial charge >= 0.3 is 0 Å². The van der Waals surface area contributed by atoms with Crippen LogP contribution in [-0.2, 0) is 0 Å². The van der Waals surface area contributed by atoms with Crippen molar-refractivity contribution in [2.24, 2.45) is 5.92 Å². The summed E-state index contributed by atoms with van der Waals surface area (Å²) in [7, 11) is 0. The molecule has 18 heavy (non-hydrogen) atoms.